The number of nitrogens with zero attached hydrogens (tertiary/aromatic N) is 2. The molecule has 0 fully saturated rings. The maximum absolute atomic E-state index is 12.1. The summed E-state index contributed by atoms with van der Waals surface area (Å²) >= 11 is 0. The minimum Gasteiger partial charge on any atom is -0.367 e. The van der Waals surface area contributed by atoms with Crippen molar-refractivity contribution >= 4 is 29.9 Å². The summed E-state index contributed by atoms with van der Waals surface area (Å²) in [6.45, 7) is 0.776. The molecule has 0 heterocycles. The largest absolute Gasteiger partial charge is 0.411 e. The topological polar surface area (TPSA) is 48.9 Å². The lowest BCUT2D eigenvalue weighted by Gasteiger charge is -2.14. The molecule has 31 heavy (non-hydrogen) atoms. The van der Waals surface area contributed by atoms with E-state index in [1.54, 1.807) is 19.2 Å². The summed E-state index contributed by atoms with van der Waals surface area (Å²) in [5.41, 5.74) is 4.11. The summed E-state index contributed by atoms with van der Waals surface area (Å²) in [5.74, 6) is 0.672. The number of hydrogen-bond donors (Lipinski definition) is 2. The zero-order chi connectivity index (χ0) is 22.0. The maximum atomic E-state index is 12.1. The first-order valence-corrected chi connectivity index (χ1v) is 9.64. The van der Waals surface area contributed by atoms with E-state index in [0.29, 0.717) is 24.6 Å². The van der Waals surface area contributed by atoms with Crippen molar-refractivity contribution in [1.29, 1.82) is 0 Å². The summed E-state index contributed by atoms with van der Waals surface area (Å²) in [6.07, 6.45) is -4.31. The van der Waals surface area contributed by atoms with Gasteiger partial charge in [-0.05, 0) is 36.3 Å². The maximum Gasteiger partial charge on any atom is 0.411 e. The number of hydrogen-bond acceptors (Lipinski definition) is 3. The van der Waals surface area contributed by atoms with Gasteiger partial charge in [0.05, 0.1) is 6.61 Å². The van der Waals surface area contributed by atoms with E-state index >= 15 is 0 Å². The van der Waals surface area contributed by atoms with Crippen LogP contribution in [0.15, 0.2) is 53.5 Å². The molecule has 5 nitrogen and oxygen atoms in total. The smallest absolute Gasteiger partial charge is 0.367 e. The zero-order valence-corrected chi connectivity index (χ0v) is 20.3. The number of ether oxygens (including phenoxy) is 1. The number of halogens is 4. The van der Waals surface area contributed by atoms with Gasteiger partial charge in [0.15, 0.2) is 5.96 Å². The highest BCUT2D eigenvalue weighted by Gasteiger charge is 2.27. The van der Waals surface area contributed by atoms with E-state index in [0.717, 1.165) is 12.1 Å². The molecule has 172 valence electrons. The van der Waals surface area contributed by atoms with E-state index in [1.807, 2.05) is 32.3 Å². The van der Waals surface area contributed by atoms with Crippen LogP contribution >= 0.6 is 24.0 Å². The Hall–Kier alpha value is -1.85. The van der Waals surface area contributed by atoms with Crippen molar-refractivity contribution in [2.45, 2.75) is 32.4 Å². The van der Waals surface area contributed by atoms with E-state index < -0.39 is 12.8 Å². The van der Waals surface area contributed by atoms with Crippen LogP contribution in [0.5, 0.6) is 0 Å². The average molecular weight is 550 g/mol. The van der Waals surface area contributed by atoms with Gasteiger partial charge >= 0.3 is 6.18 Å². The third-order valence-corrected chi connectivity index (χ3v) is 4.19. The summed E-state index contributed by atoms with van der Waals surface area (Å²) in [4.78, 5) is 6.36. The Labute approximate surface area is 199 Å². The molecule has 0 spiro atoms. The number of benzene rings is 2. The minimum atomic E-state index is -4.31. The van der Waals surface area contributed by atoms with E-state index in [4.69, 9.17) is 0 Å². The molecular formula is C22H30F3IN4O. The second-order valence-corrected chi connectivity index (χ2v) is 7.26. The van der Waals surface area contributed by atoms with E-state index in [2.05, 4.69) is 43.5 Å². The van der Waals surface area contributed by atoms with Crippen molar-refractivity contribution in [3.05, 3.63) is 70.8 Å². The normalized spacial score (nSPS) is 11.9. The molecule has 0 aliphatic carbocycles. The van der Waals surface area contributed by atoms with Crippen molar-refractivity contribution in [1.82, 2.24) is 15.5 Å². The third-order valence-electron chi connectivity index (χ3n) is 4.19. The van der Waals surface area contributed by atoms with Gasteiger partial charge in [-0.2, -0.15) is 13.2 Å². The molecule has 0 amide bonds. The number of alkyl halides is 3. The molecular weight excluding hydrogens is 520 g/mol. The monoisotopic (exact) mass is 550 g/mol. The Balaban J connectivity index is 0.00000480. The second-order valence-electron chi connectivity index (χ2n) is 7.26. The number of guanidine groups is 1. The number of nitrogens with one attached hydrogen (secondary N) is 2. The lowest BCUT2D eigenvalue weighted by atomic mass is 10.1. The van der Waals surface area contributed by atoms with Crippen LogP contribution in [0.25, 0.3) is 0 Å². The van der Waals surface area contributed by atoms with Crippen LogP contribution in [-0.2, 0) is 31.0 Å². The Morgan fingerprint density at radius 2 is 1.52 bits per heavy atom. The minimum absolute atomic E-state index is 0. The Morgan fingerprint density at radius 1 is 0.935 bits per heavy atom. The fourth-order valence-electron chi connectivity index (χ4n) is 2.83. The molecule has 2 N–H and O–H groups in total. The van der Waals surface area contributed by atoms with Crippen molar-refractivity contribution in [3.8, 4) is 0 Å². The fraction of sp³-hybridized carbons (Fsp3) is 0.409. The van der Waals surface area contributed by atoms with Gasteiger partial charge in [-0.3, -0.25) is 4.99 Å². The van der Waals surface area contributed by atoms with Crippen molar-refractivity contribution in [3.63, 3.8) is 0 Å². The van der Waals surface area contributed by atoms with Gasteiger partial charge in [0, 0.05) is 26.7 Å². The zero-order valence-electron chi connectivity index (χ0n) is 18.0. The predicted molar refractivity (Wildman–Crippen MR) is 128 cm³/mol. The lowest BCUT2D eigenvalue weighted by Crippen LogP contribution is -2.36. The van der Waals surface area contributed by atoms with Crippen LogP contribution in [0.4, 0.5) is 13.2 Å². The second kappa shape index (κ2) is 13.5. The number of rotatable bonds is 9. The first-order chi connectivity index (χ1) is 14.2. The molecule has 0 bridgehead atoms. The molecule has 9 heteroatoms. The molecule has 0 aliphatic rings. The van der Waals surface area contributed by atoms with Gasteiger partial charge in [-0.1, -0.05) is 48.5 Å². The van der Waals surface area contributed by atoms with Gasteiger partial charge in [0.2, 0.25) is 0 Å². The highest BCUT2D eigenvalue weighted by Crippen LogP contribution is 2.16. The van der Waals surface area contributed by atoms with Crippen LogP contribution < -0.4 is 10.6 Å². The van der Waals surface area contributed by atoms with Crippen molar-refractivity contribution < 1.29 is 17.9 Å². The Kier molecular flexibility index (Phi) is 11.9. The van der Waals surface area contributed by atoms with Crippen LogP contribution in [0, 0.1) is 0 Å². The lowest BCUT2D eigenvalue weighted by molar-refractivity contribution is -0.176. The molecule has 0 saturated heterocycles. The highest BCUT2D eigenvalue weighted by atomic mass is 127. The van der Waals surface area contributed by atoms with Crippen LogP contribution in [0.1, 0.15) is 22.3 Å². The quantitative estimate of drug-likeness (QED) is 0.278. The highest BCUT2D eigenvalue weighted by molar-refractivity contribution is 14.0. The van der Waals surface area contributed by atoms with E-state index in [-0.39, 0.29) is 30.6 Å². The molecule has 2 rings (SSSR count). The first-order valence-electron chi connectivity index (χ1n) is 9.64. The molecule has 2 aromatic carbocycles. The Bertz CT molecular complexity index is 811. The van der Waals surface area contributed by atoms with Gasteiger partial charge in [-0.25, -0.2) is 0 Å². The van der Waals surface area contributed by atoms with Crippen LogP contribution in [0.2, 0.25) is 0 Å². The molecule has 0 saturated carbocycles. The fourth-order valence-corrected chi connectivity index (χ4v) is 2.83. The molecule has 0 aliphatic heterocycles. The van der Waals surface area contributed by atoms with Gasteiger partial charge in [0.25, 0.3) is 0 Å². The molecule has 0 radical (unpaired) electrons. The molecule has 2 aromatic rings. The van der Waals surface area contributed by atoms with Gasteiger partial charge in [-0.15, -0.1) is 24.0 Å². The van der Waals surface area contributed by atoms with Crippen molar-refractivity contribution in [2.24, 2.45) is 4.99 Å². The van der Waals surface area contributed by atoms with Gasteiger partial charge in [0.1, 0.15) is 6.61 Å². The summed E-state index contributed by atoms with van der Waals surface area (Å²) < 4.78 is 41.0. The predicted octanol–water partition coefficient (Wildman–Crippen LogP) is 4.31. The molecule has 0 aromatic heterocycles. The summed E-state index contributed by atoms with van der Waals surface area (Å²) in [6, 6.07) is 15.6. The van der Waals surface area contributed by atoms with Crippen LogP contribution in [0.3, 0.4) is 0 Å². The Morgan fingerprint density at radius 3 is 2.10 bits per heavy atom. The molecule has 0 unspecified atom stereocenters. The first kappa shape index (κ1) is 27.2. The molecule has 0 atom stereocenters. The summed E-state index contributed by atoms with van der Waals surface area (Å²) in [7, 11) is 5.79. The SMILES string of the molecule is CN=C(NCc1ccc(COCC(F)(F)F)cc1)NCc1cccc(CN(C)C)c1.I. The van der Waals surface area contributed by atoms with Gasteiger partial charge < -0.3 is 20.3 Å². The summed E-state index contributed by atoms with van der Waals surface area (Å²) in [5, 5.41) is 6.52. The van der Waals surface area contributed by atoms with Crippen LogP contribution in [-0.4, -0.2) is 44.8 Å². The van der Waals surface area contributed by atoms with E-state index in [9.17, 15) is 13.2 Å². The van der Waals surface area contributed by atoms with E-state index in [1.165, 1.54) is 11.1 Å². The third kappa shape index (κ3) is 11.4. The standard InChI is InChI=1S/C22H29F3N4O.HI/c1-26-21(28-13-19-5-4-6-20(11-19)14-29(2)3)27-12-17-7-9-18(10-8-17)15-30-16-22(23,24)25;/h4-11H,12-16H2,1-3H3,(H2,26,27,28);1H. The average Bonchev–Trinajstić information content (AvgIpc) is 2.68. The number of aliphatic imine (C=N–C) groups is 1. The van der Waals surface area contributed by atoms with Crippen molar-refractivity contribution in [2.75, 3.05) is 27.7 Å².